The van der Waals surface area contributed by atoms with Crippen LogP contribution in [0.2, 0.25) is 0 Å². The van der Waals surface area contributed by atoms with Crippen molar-refractivity contribution < 1.29 is 6.22 Å². The number of nitrogens with zero attached hydrogens (tertiary/aromatic N) is 1. The van der Waals surface area contributed by atoms with Gasteiger partial charge in [-0.2, -0.15) is 0 Å². The Morgan fingerprint density at radius 3 is 2.92 bits per heavy atom. The molecule has 74 valence electrons. The highest BCUT2D eigenvalue weighted by Gasteiger charge is 2.11. The van der Waals surface area contributed by atoms with Gasteiger partial charge in [0.05, 0.1) is 5.69 Å². The van der Waals surface area contributed by atoms with Crippen LogP contribution in [-0.4, -0.2) is 17.4 Å². The molecule has 0 saturated carbocycles. The lowest BCUT2D eigenvalue weighted by Crippen LogP contribution is -2.22. The Labute approximate surface area is 83.7 Å². The van der Waals surface area contributed by atoms with Gasteiger partial charge < -0.3 is 5.32 Å². The molecular formula is C9H16N2OS. The fourth-order valence-corrected chi connectivity index (χ4v) is 1.79. The van der Waals surface area contributed by atoms with Gasteiger partial charge in [-0.3, -0.25) is 4.79 Å². The Balaban J connectivity index is 0.00000169. The second-order valence-electron chi connectivity index (χ2n) is 3.09. The smallest absolute Gasteiger partial charge is 0.280 e. The van der Waals surface area contributed by atoms with Crippen molar-refractivity contribution in [1.29, 1.82) is 0 Å². The molecule has 0 fully saturated rings. The number of hydrogen-bond donors (Lipinski definition) is 1. The first-order valence-electron chi connectivity index (χ1n) is 4.38. The molecule has 0 aromatic carbocycles. The fraction of sp³-hybridized carbons (Fsp3) is 0.556. The molecule has 1 N–H and O–H groups in total. The quantitative estimate of drug-likeness (QED) is 0.813. The summed E-state index contributed by atoms with van der Waals surface area (Å²) in [5, 5.41) is 5.22. The standard InChI is InChI=1S/C9H14N2OS.H2/c1-4-10-8(12)9-11-7(5-13-9)6(2)3;/h5-6H,4H2,1-3H3,(H,10,12);1H. The van der Waals surface area contributed by atoms with Crippen LogP contribution in [0.15, 0.2) is 5.38 Å². The lowest BCUT2D eigenvalue weighted by molar-refractivity contribution is 0.0955. The van der Waals surface area contributed by atoms with Gasteiger partial charge >= 0.3 is 0 Å². The minimum absolute atomic E-state index is 0. The second-order valence-corrected chi connectivity index (χ2v) is 3.95. The Kier molecular flexibility index (Phi) is 3.42. The first-order valence-corrected chi connectivity index (χ1v) is 5.26. The van der Waals surface area contributed by atoms with E-state index in [0.29, 0.717) is 17.5 Å². The van der Waals surface area contributed by atoms with Crippen molar-refractivity contribution in [3.8, 4) is 0 Å². The summed E-state index contributed by atoms with van der Waals surface area (Å²) < 4.78 is 0. The van der Waals surface area contributed by atoms with Crippen LogP contribution in [0.3, 0.4) is 0 Å². The van der Waals surface area contributed by atoms with Crippen LogP contribution >= 0.6 is 11.3 Å². The molecular weight excluding hydrogens is 184 g/mol. The van der Waals surface area contributed by atoms with E-state index < -0.39 is 0 Å². The highest BCUT2D eigenvalue weighted by atomic mass is 32.1. The molecule has 1 amide bonds. The number of nitrogens with one attached hydrogen (secondary N) is 1. The first-order chi connectivity index (χ1) is 6.15. The third kappa shape index (κ3) is 2.52. The van der Waals surface area contributed by atoms with Crippen molar-refractivity contribution in [2.75, 3.05) is 6.54 Å². The molecule has 0 aliphatic rings. The van der Waals surface area contributed by atoms with E-state index in [2.05, 4.69) is 24.1 Å². The molecule has 0 aliphatic heterocycles. The number of amides is 1. The van der Waals surface area contributed by atoms with Crippen molar-refractivity contribution >= 4 is 17.2 Å². The number of thiazole rings is 1. The average Bonchev–Trinajstić information content (AvgIpc) is 2.52. The van der Waals surface area contributed by atoms with Crippen LogP contribution in [0.5, 0.6) is 0 Å². The summed E-state index contributed by atoms with van der Waals surface area (Å²) in [7, 11) is 0. The molecule has 13 heavy (non-hydrogen) atoms. The first kappa shape index (κ1) is 10.2. The van der Waals surface area contributed by atoms with E-state index in [0.717, 1.165) is 5.69 Å². The molecule has 0 bridgehead atoms. The predicted octanol–water partition coefficient (Wildman–Crippen LogP) is 2.26. The number of carbonyl (C=O) groups excluding carboxylic acids is 1. The molecule has 1 aromatic rings. The highest BCUT2D eigenvalue weighted by Crippen LogP contribution is 2.17. The largest absolute Gasteiger partial charge is 0.350 e. The van der Waals surface area contributed by atoms with E-state index in [1.807, 2.05) is 12.3 Å². The van der Waals surface area contributed by atoms with Gasteiger partial charge in [0, 0.05) is 13.4 Å². The summed E-state index contributed by atoms with van der Waals surface area (Å²) in [5.41, 5.74) is 0.992. The summed E-state index contributed by atoms with van der Waals surface area (Å²) in [4.78, 5) is 15.6. The summed E-state index contributed by atoms with van der Waals surface area (Å²) in [6.07, 6.45) is 0. The maximum atomic E-state index is 11.3. The van der Waals surface area contributed by atoms with Crippen molar-refractivity contribution in [1.82, 2.24) is 10.3 Å². The zero-order valence-corrected chi connectivity index (χ0v) is 8.94. The normalized spacial score (nSPS) is 10.5. The summed E-state index contributed by atoms with van der Waals surface area (Å²) in [5.74, 6) is 0.318. The van der Waals surface area contributed by atoms with E-state index in [-0.39, 0.29) is 7.33 Å². The fourth-order valence-electron chi connectivity index (χ4n) is 0.892. The maximum absolute atomic E-state index is 11.3. The van der Waals surface area contributed by atoms with Gasteiger partial charge in [0.15, 0.2) is 5.01 Å². The van der Waals surface area contributed by atoms with Gasteiger partial charge in [-0.05, 0) is 12.8 Å². The molecule has 1 aromatic heterocycles. The zero-order valence-electron chi connectivity index (χ0n) is 8.13. The minimum atomic E-state index is -0.0700. The van der Waals surface area contributed by atoms with Gasteiger partial charge in [-0.15, -0.1) is 11.3 Å². The van der Waals surface area contributed by atoms with Crippen LogP contribution in [0, 0.1) is 0 Å². The lowest BCUT2D eigenvalue weighted by atomic mass is 10.2. The SMILES string of the molecule is CCNC(=O)c1nc(C(C)C)cs1.[HH]. The van der Waals surface area contributed by atoms with Gasteiger partial charge in [0.2, 0.25) is 0 Å². The van der Waals surface area contributed by atoms with E-state index in [9.17, 15) is 4.79 Å². The molecule has 0 atom stereocenters. The van der Waals surface area contributed by atoms with E-state index >= 15 is 0 Å². The molecule has 0 unspecified atom stereocenters. The molecule has 0 spiro atoms. The average molecular weight is 200 g/mol. The van der Waals surface area contributed by atoms with Crippen LogP contribution in [0.4, 0.5) is 0 Å². The monoisotopic (exact) mass is 200 g/mol. The molecule has 0 saturated heterocycles. The molecule has 1 rings (SSSR count). The summed E-state index contributed by atoms with van der Waals surface area (Å²) in [6, 6.07) is 0. The predicted molar refractivity (Wildman–Crippen MR) is 56.3 cm³/mol. The number of aromatic nitrogens is 1. The second kappa shape index (κ2) is 4.37. The van der Waals surface area contributed by atoms with Gasteiger partial charge in [-0.25, -0.2) is 4.98 Å². The minimum Gasteiger partial charge on any atom is -0.350 e. The lowest BCUT2D eigenvalue weighted by Gasteiger charge is -1.98. The molecule has 3 nitrogen and oxygen atoms in total. The van der Waals surface area contributed by atoms with Crippen LogP contribution in [-0.2, 0) is 0 Å². The zero-order chi connectivity index (χ0) is 9.84. The van der Waals surface area contributed by atoms with Crippen molar-refractivity contribution in [2.45, 2.75) is 26.7 Å². The van der Waals surface area contributed by atoms with Crippen LogP contribution in [0.1, 0.15) is 43.6 Å². The van der Waals surface area contributed by atoms with Crippen molar-refractivity contribution in [3.63, 3.8) is 0 Å². The third-order valence-electron chi connectivity index (χ3n) is 1.65. The van der Waals surface area contributed by atoms with Gasteiger partial charge in [0.25, 0.3) is 5.91 Å². The van der Waals surface area contributed by atoms with Crippen LogP contribution < -0.4 is 5.32 Å². The number of carbonyl (C=O) groups is 1. The third-order valence-corrected chi connectivity index (χ3v) is 2.50. The van der Waals surface area contributed by atoms with E-state index in [4.69, 9.17) is 0 Å². The van der Waals surface area contributed by atoms with Crippen molar-refractivity contribution in [3.05, 3.63) is 16.1 Å². The van der Waals surface area contributed by atoms with E-state index in [1.54, 1.807) is 0 Å². The van der Waals surface area contributed by atoms with Crippen molar-refractivity contribution in [2.24, 2.45) is 0 Å². The van der Waals surface area contributed by atoms with E-state index in [1.165, 1.54) is 11.3 Å². The van der Waals surface area contributed by atoms with Gasteiger partial charge in [0.1, 0.15) is 0 Å². The summed E-state index contributed by atoms with van der Waals surface area (Å²) >= 11 is 1.40. The Hall–Kier alpha value is -0.900. The molecule has 0 radical (unpaired) electrons. The molecule has 1 heterocycles. The van der Waals surface area contributed by atoms with Gasteiger partial charge in [-0.1, -0.05) is 13.8 Å². The number of rotatable bonds is 3. The van der Waals surface area contributed by atoms with Crippen LogP contribution in [0.25, 0.3) is 0 Å². The molecule has 0 aliphatic carbocycles. The Bertz CT molecular complexity index is 299. The maximum Gasteiger partial charge on any atom is 0.280 e. The Morgan fingerprint density at radius 2 is 2.46 bits per heavy atom. The highest BCUT2D eigenvalue weighted by molar-refractivity contribution is 7.11. The summed E-state index contributed by atoms with van der Waals surface area (Å²) in [6.45, 7) is 6.68. The number of hydrogen-bond acceptors (Lipinski definition) is 3. The molecule has 4 heteroatoms. The topological polar surface area (TPSA) is 42.0 Å². The Morgan fingerprint density at radius 1 is 1.77 bits per heavy atom.